The lowest BCUT2D eigenvalue weighted by molar-refractivity contribution is -0.146. The number of amides is 1. The van der Waals surface area contributed by atoms with Crippen LogP contribution in [0.25, 0.3) is 0 Å². The average Bonchev–Trinajstić information content (AvgIpc) is 2.76. The number of aliphatic carboxylic acids is 1. The van der Waals surface area contributed by atoms with Crippen LogP contribution in [-0.4, -0.2) is 46.8 Å². The van der Waals surface area contributed by atoms with Crippen molar-refractivity contribution in [1.29, 1.82) is 0 Å². The predicted octanol–water partition coefficient (Wildman–Crippen LogP) is 1.61. The molecule has 116 valence electrons. The first kappa shape index (κ1) is 15.4. The van der Waals surface area contributed by atoms with Crippen molar-refractivity contribution in [3.05, 3.63) is 24.2 Å². The van der Waals surface area contributed by atoms with Gasteiger partial charge in [-0.25, -0.2) is 4.79 Å². The van der Waals surface area contributed by atoms with Crippen LogP contribution in [0.2, 0.25) is 0 Å². The van der Waals surface area contributed by atoms with Crippen molar-refractivity contribution in [1.82, 2.24) is 10.2 Å². The normalized spacial score (nSPS) is 17.9. The summed E-state index contributed by atoms with van der Waals surface area (Å²) in [5.74, 6) is -0.584. The molecule has 2 heterocycles. The Morgan fingerprint density at radius 1 is 1.48 bits per heavy atom. The van der Waals surface area contributed by atoms with Crippen LogP contribution in [0.5, 0.6) is 0 Å². The fourth-order valence-electron chi connectivity index (χ4n) is 2.19. The lowest BCUT2D eigenvalue weighted by Gasteiger charge is -2.42. The Morgan fingerprint density at radius 3 is 2.62 bits per heavy atom. The quantitative estimate of drug-likeness (QED) is 0.877. The number of likely N-dealkylation sites (tertiary alicyclic amines) is 1. The third-order valence-corrected chi connectivity index (χ3v) is 3.04. The number of ether oxygens (including phenoxy) is 1. The highest BCUT2D eigenvalue weighted by atomic mass is 16.6. The fourth-order valence-corrected chi connectivity index (χ4v) is 2.19. The highest BCUT2D eigenvalue weighted by Crippen LogP contribution is 2.26. The summed E-state index contributed by atoms with van der Waals surface area (Å²) in [6.07, 6.45) is 0.957. The standard InChI is InChI=1S/C14H20N2O5/c1-14(2,3)21-13(19)15-9-7-16(8-9)11(12(17)18)10-5-4-6-20-10/h4-6,9,11H,7-8H2,1-3H3,(H,15,19)(H,17,18)/t11-/m0/s1. The van der Waals surface area contributed by atoms with E-state index >= 15 is 0 Å². The molecule has 1 saturated heterocycles. The van der Waals surface area contributed by atoms with Gasteiger partial charge in [0.15, 0.2) is 6.04 Å². The maximum Gasteiger partial charge on any atom is 0.407 e. The van der Waals surface area contributed by atoms with Crippen LogP contribution in [-0.2, 0) is 9.53 Å². The summed E-state index contributed by atoms with van der Waals surface area (Å²) < 4.78 is 10.3. The molecule has 0 bridgehead atoms. The van der Waals surface area contributed by atoms with Gasteiger partial charge >= 0.3 is 12.1 Å². The number of nitrogens with one attached hydrogen (secondary N) is 1. The van der Waals surface area contributed by atoms with Gasteiger partial charge in [-0.1, -0.05) is 0 Å². The number of carboxylic acid groups (broad SMARTS) is 1. The molecule has 1 aromatic rings. The molecule has 1 fully saturated rings. The molecule has 1 amide bonds. The number of nitrogens with zero attached hydrogens (tertiary/aromatic N) is 1. The summed E-state index contributed by atoms with van der Waals surface area (Å²) in [5, 5.41) is 12.0. The van der Waals surface area contributed by atoms with Crippen LogP contribution in [0.3, 0.4) is 0 Å². The van der Waals surface area contributed by atoms with Gasteiger partial charge < -0.3 is 19.6 Å². The molecular weight excluding hydrogens is 276 g/mol. The first-order valence-corrected chi connectivity index (χ1v) is 6.76. The van der Waals surface area contributed by atoms with Crippen LogP contribution in [0.4, 0.5) is 4.79 Å². The molecule has 0 unspecified atom stereocenters. The van der Waals surface area contributed by atoms with Crippen molar-refractivity contribution in [2.24, 2.45) is 0 Å². The van der Waals surface area contributed by atoms with Gasteiger partial charge in [0.25, 0.3) is 0 Å². The van der Waals surface area contributed by atoms with E-state index in [2.05, 4.69) is 5.32 Å². The lowest BCUT2D eigenvalue weighted by Crippen LogP contribution is -2.61. The molecule has 21 heavy (non-hydrogen) atoms. The Bertz CT molecular complexity index is 500. The smallest absolute Gasteiger partial charge is 0.407 e. The van der Waals surface area contributed by atoms with Gasteiger partial charge in [0.05, 0.1) is 12.3 Å². The van der Waals surface area contributed by atoms with E-state index in [-0.39, 0.29) is 6.04 Å². The van der Waals surface area contributed by atoms with Crippen molar-refractivity contribution in [3.8, 4) is 0 Å². The molecule has 0 spiro atoms. The minimum Gasteiger partial charge on any atom is -0.480 e. The van der Waals surface area contributed by atoms with Crippen molar-refractivity contribution in [2.75, 3.05) is 13.1 Å². The summed E-state index contributed by atoms with van der Waals surface area (Å²) in [4.78, 5) is 24.7. The second-order valence-electron chi connectivity index (χ2n) is 6.05. The van der Waals surface area contributed by atoms with Crippen molar-refractivity contribution in [3.63, 3.8) is 0 Å². The predicted molar refractivity (Wildman–Crippen MR) is 73.8 cm³/mol. The second-order valence-corrected chi connectivity index (χ2v) is 6.05. The summed E-state index contributed by atoms with van der Waals surface area (Å²) >= 11 is 0. The van der Waals surface area contributed by atoms with Gasteiger partial charge in [0.2, 0.25) is 0 Å². The molecule has 0 aliphatic carbocycles. The van der Waals surface area contributed by atoms with Gasteiger partial charge in [-0.2, -0.15) is 0 Å². The topological polar surface area (TPSA) is 92.0 Å². The third-order valence-electron chi connectivity index (χ3n) is 3.04. The molecule has 0 aromatic carbocycles. The monoisotopic (exact) mass is 296 g/mol. The van der Waals surface area contributed by atoms with Crippen molar-refractivity contribution in [2.45, 2.75) is 38.5 Å². The summed E-state index contributed by atoms with van der Waals surface area (Å²) in [6.45, 7) is 6.25. The Balaban J connectivity index is 1.85. The van der Waals surface area contributed by atoms with Gasteiger partial charge in [0, 0.05) is 13.1 Å². The molecule has 7 heteroatoms. The summed E-state index contributed by atoms with van der Waals surface area (Å²) in [7, 11) is 0. The molecule has 1 atom stereocenters. The zero-order chi connectivity index (χ0) is 15.6. The molecule has 1 aromatic heterocycles. The number of carbonyl (C=O) groups is 2. The van der Waals surface area contributed by atoms with Gasteiger partial charge in [-0.05, 0) is 32.9 Å². The van der Waals surface area contributed by atoms with E-state index in [0.29, 0.717) is 18.8 Å². The van der Waals surface area contributed by atoms with E-state index in [1.165, 1.54) is 6.26 Å². The Morgan fingerprint density at radius 2 is 2.14 bits per heavy atom. The molecule has 0 saturated carbocycles. The van der Waals surface area contributed by atoms with Gasteiger partial charge in [-0.15, -0.1) is 0 Å². The minimum atomic E-state index is -0.972. The SMILES string of the molecule is CC(C)(C)OC(=O)NC1CN([C@H](C(=O)O)c2ccco2)C1. The molecule has 2 rings (SSSR count). The van der Waals surface area contributed by atoms with E-state index in [4.69, 9.17) is 9.15 Å². The number of hydrogen-bond acceptors (Lipinski definition) is 5. The summed E-state index contributed by atoms with van der Waals surface area (Å²) in [6, 6.07) is 2.35. The zero-order valence-corrected chi connectivity index (χ0v) is 12.3. The Hall–Kier alpha value is -2.02. The average molecular weight is 296 g/mol. The first-order chi connectivity index (χ1) is 9.76. The highest BCUT2D eigenvalue weighted by Gasteiger charge is 2.39. The fraction of sp³-hybridized carbons (Fsp3) is 0.571. The summed E-state index contributed by atoms with van der Waals surface area (Å²) in [5.41, 5.74) is -0.550. The Kier molecular flexibility index (Phi) is 4.22. The number of carboxylic acids is 1. The van der Waals surface area contributed by atoms with Crippen LogP contribution < -0.4 is 5.32 Å². The van der Waals surface area contributed by atoms with Crippen molar-refractivity contribution < 1.29 is 23.8 Å². The van der Waals surface area contributed by atoms with Gasteiger partial charge in [-0.3, -0.25) is 9.69 Å². The van der Waals surface area contributed by atoms with Crippen LogP contribution in [0.15, 0.2) is 22.8 Å². The molecular formula is C14H20N2O5. The lowest BCUT2D eigenvalue weighted by atomic mass is 10.0. The maximum atomic E-state index is 11.6. The van der Waals surface area contributed by atoms with Crippen LogP contribution >= 0.6 is 0 Å². The van der Waals surface area contributed by atoms with E-state index in [9.17, 15) is 14.7 Å². The number of carbonyl (C=O) groups excluding carboxylic acids is 1. The molecule has 1 aliphatic rings. The van der Waals surface area contributed by atoms with E-state index in [1.54, 1.807) is 37.8 Å². The molecule has 1 aliphatic heterocycles. The van der Waals surface area contributed by atoms with Crippen molar-refractivity contribution >= 4 is 12.1 Å². The van der Waals surface area contributed by atoms with Crippen LogP contribution in [0, 0.1) is 0 Å². The van der Waals surface area contributed by atoms with Gasteiger partial charge in [0.1, 0.15) is 11.4 Å². The molecule has 7 nitrogen and oxygen atoms in total. The van der Waals surface area contributed by atoms with E-state index < -0.39 is 23.7 Å². The second kappa shape index (κ2) is 5.77. The molecule has 0 radical (unpaired) electrons. The number of rotatable bonds is 4. The first-order valence-electron chi connectivity index (χ1n) is 6.76. The number of hydrogen-bond donors (Lipinski definition) is 2. The number of furan rings is 1. The Labute approximate surface area is 122 Å². The maximum absolute atomic E-state index is 11.6. The highest BCUT2D eigenvalue weighted by molar-refractivity contribution is 5.75. The largest absolute Gasteiger partial charge is 0.480 e. The van der Waals surface area contributed by atoms with Crippen LogP contribution in [0.1, 0.15) is 32.6 Å². The minimum absolute atomic E-state index is 0.114. The third kappa shape index (κ3) is 3.98. The van der Waals surface area contributed by atoms with E-state index in [0.717, 1.165) is 0 Å². The zero-order valence-electron chi connectivity index (χ0n) is 12.3. The van der Waals surface area contributed by atoms with E-state index in [1.807, 2.05) is 0 Å². The molecule has 2 N–H and O–H groups in total. The number of alkyl carbamates (subject to hydrolysis) is 1.